The zero-order chi connectivity index (χ0) is 18.4. The first kappa shape index (κ1) is 19.1. The molecule has 0 heterocycles. The molecular weight excluding hydrogens is 336 g/mol. The Bertz CT molecular complexity index is 802. The van der Waals surface area contributed by atoms with Crippen LogP contribution in [-0.4, -0.2) is 20.4 Å². The third-order valence-corrected chi connectivity index (χ3v) is 5.65. The molecule has 0 radical (unpaired) electrons. The van der Waals surface area contributed by atoms with Crippen molar-refractivity contribution in [2.45, 2.75) is 44.2 Å². The van der Waals surface area contributed by atoms with Crippen LogP contribution in [0.1, 0.15) is 49.2 Å². The molecule has 2 rings (SSSR count). The molecule has 0 spiro atoms. The van der Waals surface area contributed by atoms with Crippen molar-refractivity contribution in [1.29, 1.82) is 0 Å². The van der Waals surface area contributed by atoms with E-state index in [2.05, 4.69) is 10.0 Å². The molecule has 0 fully saturated rings. The third kappa shape index (κ3) is 5.14. The number of carbonyl (C=O) groups excluding carboxylic acids is 1. The van der Waals surface area contributed by atoms with Gasteiger partial charge in [0, 0.05) is 11.6 Å². The molecule has 0 saturated carbocycles. The average Bonchev–Trinajstić information content (AvgIpc) is 2.62. The van der Waals surface area contributed by atoms with Gasteiger partial charge in [0.05, 0.1) is 10.9 Å². The van der Waals surface area contributed by atoms with Crippen LogP contribution >= 0.6 is 0 Å². The number of rotatable bonds is 7. The van der Waals surface area contributed by atoms with Crippen molar-refractivity contribution in [3.05, 3.63) is 65.7 Å². The van der Waals surface area contributed by atoms with Gasteiger partial charge in [0.1, 0.15) is 0 Å². The number of nitrogens with one attached hydrogen (secondary N) is 2. The first-order valence-electron chi connectivity index (χ1n) is 8.31. The number of carbonyl (C=O) groups is 1. The number of amides is 1. The lowest BCUT2D eigenvalue weighted by molar-refractivity contribution is 0.0940. The molecule has 2 aromatic carbocycles. The minimum Gasteiger partial charge on any atom is -0.346 e. The Kier molecular flexibility index (Phi) is 6.33. The summed E-state index contributed by atoms with van der Waals surface area (Å²) >= 11 is 0. The van der Waals surface area contributed by atoms with E-state index in [-0.39, 0.29) is 22.9 Å². The van der Waals surface area contributed by atoms with Gasteiger partial charge in [-0.25, -0.2) is 13.1 Å². The zero-order valence-electron chi connectivity index (χ0n) is 14.7. The predicted octanol–water partition coefficient (Wildman–Crippen LogP) is 3.25. The molecule has 2 N–H and O–H groups in total. The van der Waals surface area contributed by atoms with Gasteiger partial charge in [0.15, 0.2) is 0 Å². The van der Waals surface area contributed by atoms with E-state index in [1.807, 2.05) is 51.1 Å². The van der Waals surface area contributed by atoms with Gasteiger partial charge in [-0.3, -0.25) is 4.79 Å². The first-order valence-corrected chi connectivity index (χ1v) is 9.80. The van der Waals surface area contributed by atoms with Gasteiger partial charge in [-0.1, -0.05) is 37.3 Å². The van der Waals surface area contributed by atoms with E-state index in [1.165, 1.54) is 24.3 Å². The standard InChI is InChI=1S/C19H24N2O3S/c1-4-14(2)21-25(23,24)18-12-10-17(11-13-18)19(22)20-15(3)16-8-6-5-7-9-16/h5-15,21H,4H2,1-3H3,(H,20,22)/t14-,15-/m0/s1. The highest BCUT2D eigenvalue weighted by atomic mass is 32.2. The van der Waals surface area contributed by atoms with Crippen LogP contribution in [-0.2, 0) is 10.0 Å². The van der Waals surface area contributed by atoms with Gasteiger partial charge in [0.2, 0.25) is 10.0 Å². The van der Waals surface area contributed by atoms with Gasteiger partial charge in [-0.2, -0.15) is 0 Å². The Morgan fingerprint density at radius 3 is 2.16 bits per heavy atom. The van der Waals surface area contributed by atoms with Crippen molar-refractivity contribution in [2.24, 2.45) is 0 Å². The molecule has 0 aliphatic rings. The Morgan fingerprint density at radius 2 is 1.60 bits per heavy atom. The number of hydrogen-bond donors (Lipinski definition) is 2. The second-order valence-corrected chi connectivity index (χ2v) is 7.77. The van der Waals surface area contributed by atoms with Gasteiger partial charge >= 0.3 is 0 Å². The van der Waals surface area contributed by atoms with Crippen LogP contribution in [0.15, 0.2) is 59.5 Å². The minimum atomic E-state index is -3.56. The molecule has 6 heteroatoms. The largest absolute Gasteiger partial charge is 0.346 e. The maximum absolute atomic E-state index is 12.3. The highest BCUT2D eigenvalue weighted by molar-refractivity contribution is 7.89. The Morgan fingerprint density at radius 1 is 1.00 bits per heavy atom. The molecule has 0 unspecified atom stereocenters. The average molecular weight is 360 g/mol. The Balaban J connectivity index is 2.08. The van der Waals surface area contributed by atoms with Crippen LogP contribution in [0.3, 0.4) is 0 Å². The molecule has 1 amide bonds. The second kappa shape index (κ2) is 8.27. The highest BCUT2D eigenvalue weighted by Crippen LogP contribution is 2.15. The lowest BCUT2D eigenvalue weighted by atomic mass is 10.1. The van der Waals surface area contributed by atoms with E-state index in [0.717, 1.165) is 5.56 Å². The molecular formula is C19H24N2O3S. The van der Waals surface area contributed by atoms with E-state index < -0.39 is 10.0 Å². The maximum Gasteiger partial charge on any atom is 0.251 e. The molecule has 134 valence electrons. The van der Waals surface area contributed by atoms with Crippen LogP contribution < -0.4 is 10.0 Å². The number of sulfonamides is 1. The van der Waals surface area contributed by atoms with Gasteiger partial charge in [-0.05, 0) is 50.1 Å². The molecule has 0 aromatic heterocycles. The molecule has 2 aromatic rings. The summed E-state index contributed by atoms with van der Waals surface area (Å²) in [6.07, 6.45) is 0.705. The summed E-state index contributed by atoms with van der Waals surface area (Å²) in [4.78, 5) is 12.5. The smallest absolute Gasteiger partial charge is 0.251 e. The SMILES string of the molecule is CC[C@H](C)NS(=O)(=O)c1ccc(C(=O)N[C@@H](C)c2ccccc2)cc1. The molecule has 0 aliphatic carbocycles. The third-order valence-electron chi connectivity index (χ3n) is 4.04. The van der Waals surface area contributed by atoms with Crippen LogP contribution in [0.4, 0.5) is 0 Å². The summed E-state index contributed by atoms with van der Waals surface area (Å²) in [6, 6.07) is 15.3. The fraction of sp³-hybridized carbons (Fsp3) is 0.316. The second-order valence-electron chi connectivity index (χ2n) is 6.06. The number of hydrogen-bond acceptors (Lipinski definition) is 3. The van der Waals surface area contributed by atoms with Crippen molar-refractivity contribution in [3.8, 4) is 0 Å². The van der Waals surface area contributed by atoms with E-state index in [1.54, 1.807) is 0 Å². The molecule has 25 heavy (non-hydrogen) atoms. The monoisotopic (exact) mass is 360 g/mol. The van der Waals surface area contributed by atoms with Crippen LogP contribution in [0.5, 0.6) is 0 Å². The summed E-state index contributed by atoms with van der Waals surface area (Å²) in [5.74, 6) is -0.241. The van der Waals surface area contributed by atoms with Crippen LogP contribution in [0.2, 0.25) is 0 Å². The van der Waals surface area contributed by atoms with Crippen molar-refractivity contribution in [1.82, 2.24) is 10.0 Å². The minimum absolute atomic E-state index is 0.135. The van der Waals surface area contributed by atoms with Crippen molar-refractivity contribution >= 4 is 15.9 Å². The summed E-state index contributed by atoms with van der Waals surface area (Å²) < 4.78 is 27.1. The predicted molar refractivity (Wildman–Crippen MR) is 98.8 cm³/mol. The normalized spacial score (nSPS) is 13.9. The van der Waals surface area contributed by atoms with E-state index in [9.17, 15) is 13.2 Å². The first-order chi connectivity index (χ1) is 11.8. The molecule has 0 aliphatic heterocycles. The lowest BCUT2D eigenvalue weighted by Crippen LogP contribution is -2.32. The Hall–Kier alpha value is -2.18. The van der Waals surface area contributed by atoms with Gasteiger partial charge < -0.3 is 5.32 Å². The fourth-order valence-electron chi connectivity index (χ4n) is 2.31. The summed E-state index contributed by atoms with van der Waals surface area (Å²) in [5, 5.41) is 2.91. The van der Waals surface area contributed by atoms with Crippen LogP contribution in [0, 0.1) is 0 Å². The van der Waals surface area contributed by atoms with Crippen LogP contribution in [0.25, 0.3) is 0 Å². The lowest BCUT2D eigenvalue weighted by Gasteiger charge is -2.15. The maximum atomic E-state index is 12.3. The van der Waals surface area contributed by atoms with Crippen molar-refractivity contribution < 1.29 is 13.2 Å². The number of benzene rings is 2. The van der Waals surface area contributed by atoms with Crippen molar-refractivity contribution in [3.63, 3.8) is 0 Å². The molecule has 2 atom stereocenters. The van der Waals surface area contributed by atoms with E-state index >= 15 is 0 Å². The molecule has 0 bridgehead atoms. The summed E-state index contributed by atoms with van der Waals surface area (Å²) in [6.45, 7) is 5.63. The quantitative estimate of drug-likeness (QED) is 0.796. The van der Waals surface area contributed by atoms with Gasteiger partial charge in [0.25, 0.3) is 5.91 Å². The van der Waals surface area contributed by atoms with Gasteiger partial charge in [-0.15, -0.1) is 0 Å². The topological polar surface area (TPSA) is 75.3 Å². The van der Waals surface area contributed by atoms with E-state index in [4.69, 9.17) is 0 Å². The fourth-order valence-corrected chi connectivity index (χ4v) is 3.63. The van der Waals surface area contributed by atoms with E-state index in [0.29, 0.717) is 12.0 Å². The summed E-state index contributed by atoms with van der Waals surface area (Å²) in [7, 11) is -3.56. The van der Waals surface area contributed by atoms with Crippen molar-refractivity contribution in [2.75, 3.05) is 0 Å². The Labute approximate surface area is 149 Å². The molecule has 5 nitrogen and oxygen atoms in total. The molecule has 0 saturated heterocycles. The zero-order valence-corrected chi connectivity index (χ0v) is 15.5. The highest BCUT2D eigenvalue weighted by Gasteiger charge is 2.17. The summed E-state index contributed by atoms with van der Waals surface area (Å²) in [5.41, 5.74) is 1.43.